The third-order valence-electron chi connectivity index (χ3n) is 10.1. The monoisotopic (exact) mass is 823 g/mol. The van der Waals surface area contributed by atoms with E-state index in [0.29, 0.717) is 56.5 Å². The molecule has 57 heavy (non-hydrogen) atoms. The van der Waals surface area contributed by atoms with Crippen LogP contribution in [0.25, 0.3) is 0 Å². The number of anilines is 1. The smallest absolute Gasteiger partial charge is 0.303 e. The van der Waals surface area contributed by atoms with Gasteiger partial charge in [0.05, 0.1) is 14.7 Å². The van der Waals surface area contributed by atoms with E-state index in [1.54, 1.807) is 31.2 Å². The summed E-state index contributed by atoms with van der Waals surface area (Å²) in [7, 11) is -8.92. The van der Waals surface area contributed by atoms with Crippen LogP contribution in [0.4, 0.5) is 11.4 Å². The molecule has 3 rings (SSSR count). The minimum absolute atomic E-state index is 0.0343. The molecular formula is C42H53N3O10S2. The Morgan fingerprint density at radius 1 is 1.00 bits per heavy atom. The molecule has 0 amide bonds. The fraction of sp³-hybridized carbons (Fsp3) is 0.381. The highest BCUT2D eigenvalue weighted by Gasteiger charge is 2.43. The number of nitrogens with zero attached hydrogens (tertiary/aromatic N) is 2. The van der Waals surface area contributed by atoms with Crippen LogP contribution in [0.5, 0.6) is 0 Å². The molecule has 0 saturated heterocycles. The molecule has 0 heterocycles. The minimum atomic E-state index is -4.51. The van der Waals surface area contributed by atoms with Crippen molar-refractivity contribution in [1.82, 2.24) is 5.32 Å². The molecule has 2 aromatic carbocycles. The number of rotatable bonds is 21. The van der Waals surface area contributed by atoms with Gasteiger partial charge >= 0.3 is 5.97 Å². The van der Waals surface area contributed by atoms with E-state index in [-0.39, 0.29) is 21.9 Å². The predicted molar refractivity (Wildman–Crippen MR) is 222 cm³/mol. The van der Waals surface area contributed by atoms with E-state index in [0.717, 1.165) is 22.5 Å². The molecule has 2 atom stereocenters. The van der Waals surface area contributed by atoms with E-state index < -0.39 is 48.4 Å². The van der Waals surface area contributed by atoms with Crippen LogP contribution >= 0.6 is 0 Å². The van der Waals surface area contributed by atoms with Crippen molar-refractivity contribution in [1.29, 1.82) is 0 Å². The van der Waals surface area contributed by atoms with Gasteiger partial charge < -0.3 is 15.3 Å². The molecule has 4 N–H and O–H groups in total. The van der Waals surface area contributed by atoms with Crippen LogP contribution in [0.3, 0.4) is 0 Å². The number of allylic oxidation sites excluding steroid dienone is 11. The first-order valence-electron chi connectivity index (χ1n) is 18.7. The van der Waals surface area contributed by atoms with E-state index >= 15 is 0 Å². The van der Waals surface area contributed by atoms with Gasteiger partial charge in [0.2, 0.25) is 0 Å². The normalized spacial score (nSPS) is 16.6. The summed E-state index contributed by atoms with van der Waals surface area (Å²) in [5.74, 6) is -2.00. The number of nitrogens with one attached hydrogen (secondary N) is 1. The summed E-state index contributed by atoms with van der Waals surface area (Å²) < 4.78 is 68.3. The van der Waals surface area contributed by atoms with Crippen LogP contribution in [0.15, 0.2) is 124 Å². The van der Waals surface area contributed by atoms with Gasteiger partial charge in [-0.05, 0) is 78.8 Å². The fourth-order valence-electron chi connectivity index (χ4n) is 7.16. The topological polar surface area (TPSA) is 204 Å². The van der Waals surface area contributed by atoms with E-state index in [1.807, 2.05) is 58.1 Å². The summed E-state index contributed by atoms with van der Waals surface area (Å²) >= 11 is 0. The summed E-state index contributed by atoms with van der Waals surface area (Å²) in [5, 5.41) is 23.6. The van der Waals surface area contributed by atoms with Crippen LogP contribution in [0.1, 0.15) is 77.8 Å². The van der Waals surface area contributed by atoms with E-state index in [1.165, 1.54) is 30.3 Å². The van der Waals surface area contributed by atoms with E-state index in [2.05, 4.69) is 22.5 Å². The molecule has 13 nitrogen and oxygen atoms in total. The zero-order valence-corrected chi connectivity index (χ0v) is 34.6. The molecule has 15 heteroatoms. The number of carbonyl (C=O) groups is 1. The number of nitro groups is 1. The van der Waals surface area contributed by atoms with Crippen molar-refractivity contribution in [2.75, 3.05) is 11.4 Å². The Bertz CT molecular complexity index is 2210. The minimum Gasteiger partial charge on any atom is -0.481 e. The van der Waals surface area contributed by atoms with Crippen LogP contribution < -0.4 is 10.2 Å². The maximum atomic E-state index is 12.4. The number of non-ortho nitro benzene ring substituents is 1. The van der Waals surface area contributed by atoms with Crippen molar-refractivity contribution < 1.29 is 40.8 Å². The lowest BCUT2D eigenvalue weighted by molar-refractivity contribution is -0.384. The molecule has 0 spiro atoms. The van der Waals surface area contributed by atoms with Gasteiger partial charge in [-0.1, -0.05) is 84.1 Å². The van der Waals surface area contributed by atoms with Crippen molar-refractivity contribution >= 4 is 37.6 Å². The number of aryl methyl sites for hydroxylation is 1. The Kier molecular flexibility index (Phi) is 16.6. The first kappa shape index (κ1) is 46.3. The number of carboxylic acid groups (broad SMARTS) is 1. The van der Waals surface area contributed by atoms with Gasteiger partial charge in [0.1, 0.15) is 0 Å². The highest BCUT2D eigenvalue weighted by molar-refractivity contribution is 7.89. The SMILES string of the molecule is C=C=C(/C=C/C=C/C=C(\CC)N(CCCCCC(=O)O)c1ccc(S(=O)(=O)O)cc1CC)C(C)(C)C1C(NCc2ccc([N+](=O)[O-])cc2)=CC=C(S(=O)(=O)O)C1C. The van der Waals surface area contributed by atoms with Gasteiger partial charge in [-0.15, -0.1) is 5.73 Å². The van der Waals surface area contributed by atoms with E-state index in [9.17, 15) is 40.8 Å². The summed E-state index contributed by atoms with van der Waals surface area (Å²) in [6.07, 6.45) is 15.4. The lowest BCUT2D eigenvalue weighted by Crippen LogP contribution is -2.39. The van der Waals surface area contributed by atoms with Crippen molar-refractivity contribution in [3.63, 3.8) is 0 Å². The second-order valence-electron chi connectivity index (χ2n) is 14.3. The Morgan fingerprint density at radius 2 is 1.68 bits per heavy atom. The maximum absolute atomic E-state index is 12.4. The van der Waals surface area contributed by atoms with Crippen LogP contribution in [-0.2, 0) is 38.0 Å². The van der Waals surface area contributed by atoms with E-state index in [4.69, 9.17) is 5.11 Å². The largest absolute Gasteiger partial charge is 0.481 e. The number of unbranched alkanes of at least 4 members (excludes halogenated alkanes) is 2. The van der Waals surface area contributed by atoms with Crippen molar-refractivity contribution in [2.45, 2.75) is 84.6 Å². The molecule has 308 valence electrons. The van der Waals surface area contributed by atoms with Crippen LogP contribution in [-0.4, -0.2) is 48.5 Å². The second-order valence-corrected chi connectivity index (χ2v) is 17.1. The highest BCUT2D eigenvalue weighted by atomic mass is 32.2. The van der Waals surface area contributed by atoms with Crippen molar-refractivity contribution in [3.05, 3.63) is 140 Å². The van der Waals surface area contributed by atoms with Crippen molar-refractivity contribution in [3.8, 4) is 0 Å². The predicted octanol–water partition coefficient (Wildman–Crippen LogP) is 8.71. The third-order valence-corrected chi connectivity index (χ3v) is 12.0. The Morgan fingerprint density at radius 3 is 2.25 bits per heavy atom. The van der Waals surface area contributed by atoms with Gasteiger partial charge in [-0.25, -0.2) is 0 Å². The highest BCUT2D eigenvalue weighted by Crippen LogP contribution is 2.47. The molecule has 1 aliphatic rings. The standard InChI is InChI=1S/C42H53N3O10S2/c1-7-32-28-36(56(50,51)52)23-25-38(32)44(27-15-11-14-18-40(46)47)34(9-3)17-13-10-12-16-33(8-2)42(5,6)41-30(4)39(57(53,54)55)26-24-37(41)43-29-31-19-21-35(22-20-31)45(48)49/h10,12-13,16-17,19-26,28,30,41,43H,2,7,9,11,14-15,18,27,29H2,1,3-6H3,(H,46,47)(H,50,51,52)(H,53,54,55)/b13-10+,16-12+,34-17+. The Labute approximate surface area is 336 Å². The number of aliphatic carboxylic acids is 1. The number of benzene rings is 2. The molecule has 0 aromatic heterocycles. The van der Waals surface area contributed by atoms with Gasteiger partial charge in [-0.3, -0.25) is 24.0 Å². The maximum Gasteiger partial charge on any atom is 0.303 e. The quantitative estimate of drug-likeness (QED) is 0.0233. The Balaban J connectivity index is 1.93. The van der Waals surface area contributed by atoms with Gasteiger partial charge in [0, 0.05) is 66.0 Å². The zero-order valence-electron chi connectivity index (χ0n) is 33.0. The average Bonchev–Trinajstić information content (AvgIpc) is 3.14. The summed E-state index contributed by atoms with van der Waals surface area (Å²) in [6, 6.07) is 10.6. The lowest BCUT2D eigenvalue weighted by Gasteiger charge is -2.42. The molecule has 2 aromatic rings. The average molecular weight is 824 g/mol. The van der Waals surface area contributed by atoms with Crippen LogP contribution in [0, 0.1) is 27.4 Å². The molecule has 0 radical (unpaired) electrons. The molecule has 1 aliphatic carbocycles. The zero-order chi connectivity index (χ0) is 42.6. The number of hydrogen-bond donors (Lipinski definition) is 4. The first-order chi connectivity index (χ1) is 26.8. The molecule has 2 unspecified atom stereocenters. The third kappa shape index (κ3) is 12.7. The van der Waals surface area contributed by atoms with Gasteiger partial charge in [0.25, 0.3) is 25.9 Å². The number of hydrogen-bond acceptors (Lipinski definition) is 9. The fourth-order valence-corrected chi connectivity index (χ4v) is 8.54. The Hall–Kier alpha value is -5.05. The number of nitro benzene ring substituents is 1. The molecule has 0 saturated carbocycles. The van der Waals surface area contributed by atoms with Gasteiger partial charge in [0.15, 0.2) is 0 Å². The first-order valence-corrected chi connectivity index (χ1v) is 21.5. The van der Waals surface area contributed by atoms with Crippen LogP contribution in [0.2, 0.25) is 0 Å². The second kappa shape index (κ2) is 20.4. The molecule has 0 aliphatic heterocycles. The molecule has 0 bridgehead atoms. The summed E-state index contributed by atoms with van der Waals surface area (Å²) in [6.45, 7) is 14.3. The number of carboxylic acids is 1. The van der Waals surface area contributed by atoms with Gasteiger partial charge in [-0.2, -0.15) is 16.8 Å². The lowest BCUT2D eigenvalue weighted by atomic mass is 9.65. The molecular weight excluding hydrogens is 771 g/mol. The molecule has 0 fully saturated rings. The summed E-state index contributed by atoms with van der Waals surface area (Å²) in [4.78, 5) is 23.5. The van der Waals surface area contributed by atoms with Crippen molar-refractivity contribution in [2.24, 2.45) is 17.3 Å². The summed E-state index contributed by atoms with van der Waals surface area (Å²) in [5.41, 5.74) is 6.77.